The lowest BCUT2D eigenvalue weighted by Gasteiger charge is -2.27. The lowest BCUT2D eigenvalue weighted by molar-refractivity contribution is -0.136. The number of amides is 1. The predicted molar refractivity (Wildman–Crippen MR) is 57.8 cm³/mol. The number of hydrogen-bond donors (Lipinski definition) is 1. The van der Waals surface area contributed by atoms with Crippen LogP contribution in [0.4, 0.5) is 0 Å². The number of nitrogens with zero attached hydrogens (tertiary/aromatic N) is 1. The van der Waals surface area contributed by atoms with Gasteiger partial charge in [0.2, 0.25) is 5.91 Å². The molecule has 0 radical (unpaired) electrons. The van der Waals surface area contributed by atoms with Gasteiger partial charge in [-0.1, -0.05) is 6.42 Å². The summed E-state index contributed by atoms with van der Waals surface area (Å²) in [5.74, 6) is 0.893. The van der Waals surface area contributed by atoms with Crippen LogP contribution in [0.1, 0.15) is 33.1 Å². The van der Waals surface area contributed by atoms with E-state index in [-0.39, 0.29) is 11.8 Å². The highest BCUT2D eigenvalue weighted by Gasteiger charge is 2.34. The minimum absolute atomic E-state index is 0.187. The van der Waals surface area contributed by atoms with Gasteiger partial charge >= 0.3 is 0 Å². The average Bonchev–Trinajstić information content (AvgIpc) is 2.62. The van der Waals surface area contributed by atoms with Gasteiger partial charge in [-0.05, 0) is 39.2 Å². The summed E-state index contributed by atoms with van der Waals surface area (Å²) < 4.78 is 0. The van der Waals surface area contributed by atoms with Crippen LogP contribution in [0.2, 0.25) is 0 Å². The molecular formula is C11H22N2O. The first-order chi connectivity index (χ1) is 6.57. The topological polar surface area (TPSA) is 46.3 Å². The summed E-state index contributed by atoms with van der Waals surface area (Å²) in [6.45, 7) is 4.75. The molecule has 82 valence electrons. The van der Waals surface area contributed by atoms with Crippen molar-refractivity contribution in [2.75, 3.05) is 13.6 Å². The van der Waals surface area contributed by atoms with E-state index in [2.05, 4.69) is 0 Å². The highest BCUT2D eigenvalue weighted by Crippen LogP contribution is 2.32. The maximum Gasteiger partial charge on any atom is 0.225 e. The largest absolute Gasteiger partial charge is 0.343 e. The Hall–Kier alpha value is -0.570. The van der Waals surface area contributed by atoms with Gasteiger partial charge in [0, 0.05) is 19.0 Å². The third-order valence-electron chi connectivity index (χ3n) is 3.40. The van der Waals surface area contributed by atoms with Crippen LogP contribution in [-0.2, 0) is 4.79 Å². The van der Waals surface area contributed by atoms with Crippen molar-refractivity contribution in [3.63, 3.8) is 0 Å². The first kappa shape index (κ1) is 11.5. The Morgan fingerprint density at radius 1 is 1.50 bits per heavy atom. The molecular weight excluding hydrogens is 176 g/mol. The SMILES string of the molecule is CC(C)N(C)C(=O)C1CCCC1CN. The number of rotatable bonds is 3. The quantitative estimate of drug-likeness (QED) is 0.741. The van der Waals surface area contributed by atoms with Crippen LogP contribution >= 0.6 is 0 Å². The average molecular weight is 198 g/mol. The lowest BCUT2D eigenvalue weighted by Crippen LogP contribution is -2.40. The summed E-state index contributed by atoms with van der Waals surface area (Å²) in [5.41, 5.74) is 5.67. The van der Waals surface area contributed by atoms with Gasteiger partial charge in [0.1, 0.15) is 0 Å². The maximum absolute atomic E-state index is 12.0. The number of hydrogen-bond acceptors (Lipinski definition) is 2. The standard InChI is InChI=1S/C11H22N2O/c1-8(2)13(3)11(14)10-6-4-5-9(10)7-12/h8-10H,4-7,12H2,1-3H3. The van der Waals surface area contributed by atoms with Crippen LogP contribution in [0.5, 0.6) is 0 Å². The Morgan fingerprint density at radius 2 is 2.14 bits per heavy atom. The summed E-state index contributed by atoms with van der Waals surface area (Å²) in [6.07, 6.45) is 3.31. The van der Waals surface area contributed by atoms with Crippen molar-refractivity contribution in [2.45, 2.75) is 39.2 Å². The van der Waals surface area contributed by atoms with Crippen molar-refractivity contribution in [1.82, 2.24) is 4.90 Å². The highest BCUT2D eigenvalue weighted by molar-refractivity contribution is 5.79. The second kappa shape index (κ2) is 4.78. The van der Waals surface area contributed by atoms with Gasteiger partial charge in [0.25, 0.3) is 0 Å². The Morgan fingerprint density at radius 3 is 2.64 bits per heavy atom. The van der Waals surface area contributed by atoms with Crippen LogP contribution < -0.4 is 5.73 Å². The Kier molecular flexibility index (Phi) is 3.93. The van der Waals surface area contributed by atoms with Crippen LogP contribution in [0.25, 0.3) is 0 Å². The second-order valence-electron chi connectivity index (χ2n) is 4.58. The zero-order valence-corrected chi connectivity index (χ0v) is 9.49. The molecule has 3 heteroatoms. The number of carbonyl (C=O) groups excluding carboxylic acids is 1. The first-order valence-corrected chi connectivity index (χ1v) is 5.54. The zero-order valence-electron chi connectivity index (χ0n) is 9.49. The van der Waals surface area contributed by atoms with E-state index in [4.69, 9.17) is 5.73 Å². The molecule has 1 amide bonds. The van der Waals surface area contributed by atoms with Crippen molar-refractivity contribution in [3.8, 4) is 0 Å². The van der Waals surface area contributed by atoms with E-state index >= 15 is 0 Å². The Bertz CT molecular complexity index is 203. The van der Waals surface area contributed by atoms with Gasteiger partial charge in [-0.15, -0.1) is 0 Å². The second-order valence-corrected chi connectivity index (χ2v) is 4.58. The molecule has 1 rings (SSSR count). The number of carbonyl (C=O) groups is 1. The van der Waals surface area contributed by atoms with E-state index in [0.29, 0.717) is 18.5 Å². The van der Waals surface area contributed by atoms with Crippen molar-refractivity contribution < 1.29 is 4.79 Å². The summed E-state index contributed by atoms with van der Waals surface area (Å²) in [5, 5.41) is 0. The molecule has 0 bridgehead atoms. The minimum atomic E-state index is 0.187. The van der Waals surface area contributed by atoms with Crippen LogP contribution in [0.15, 0.2) is 0 Å². The van der Waals surface area contributed by atoms with E-state index in [1.54, 1.807) is 0 Å². The van der Waals surface area contributed by atoms with Gasteiger partial charge in [0.05, 0.1) is 0 Å². The smallest absolute Gasteiger partial charge is 0.225 e. The van der Waals surface area contributed by atoms with Crippen molar-refractivity contribution in [1.29, 1.82) is 0 Å². The molecule has 3 nitrogen and oxygen atoms in total. The van der Waals surface area contributed by atoms with E-state index in [0.717, 1.165) is 19.3 Å². The molecule has 14 heavy (non-hydrogen) atoms. The minimum Gasteiger partial charge on any atom is -0.343 e. The monoisotopic (exact) mass is 198 g/mol. The molecule has 0 heterocycles. The van der Waals surface area contributed by atoms with E-state index < -0.39 is 0 Å². The Labute approximate surface area is 86.6 Å². The van der Waals surface area contributed by atoms with Crippen LogP contribution in [-0.4, -0.2) is 30.4 Å². The number of nitrogens with two attached hydrogens (primary N) is 1. The fourth-order valence-electron chi connectivity index (χ4n) is 2.16. The fourth-order valence-corrected chi connectivity index (χ4v) is 2.16. The third kappa shape index (κ3) is 2.27. The molecule has 2 unspecified atom stereocenters. The zero-order chi connectivity index (χ0) is 10.7. The van der Waals surface area contributed by atoms with Crippen molar-refractivity contribution in [3.05, 3.63) is 0 Å². The molecule has 0 aromatic heterocycles. The van der Waals surface area contributed by atoms with Crippen LogP contribution in [0, 0.1) is 11.8 Å². The molecule has 1 fully saturated rings. The predicted octanol–water partition coefficient (Wildman–Crippen LogP) is 1.23. The molecule has 1 aliphatic rings. The van der Waals surface area contributed by atoms with E-state index in [9.17, 15) is 4.79 Å². The van der Waals surface area contributed by atoms with Crippen LogP contribution in [0.3, 0.4) is 0 Å². The molecule has 1 aliphatic carbocycles. The fraction of sp³-hybridized carbons (Fsp3) is 0.909. The Balaban J connectivity index is 2.59. The molecule has 2 N–H and O–H groups in total. The lowest BCUT2D eigenvalue weighted by atomic mass is 9.94. The summed E-state index contributed by atoms with van der Waals surface area (Å²) in [7, 11) is 1.89. The van der Waals surface area contributed by atoms with Gasteiger partial charge < -0.3 is 10.6 Å². The molecule has 0 spiro atoms. The van der Waals surface area contributed by atoms with E-state index in [1.165, 1.54) is 0 Å². The van der Waals surface area contributed by atoms with Gasteiger partial charge in [-0.2, -0.15) is 0 Å². The van der Waals surface area contributed by atoms with E-state index in [1.807, 2.05) is 25.8 Å². The van der Waals surface area contributed by atoms with Crippen molar-refractivity contribution >= 4 is 5.91 Å². The normalized spacial score (nSPS) is 26.9. The van der Waals surface area contributed by atoms with Gasteiger partial charge in [-0.25, -0.2) is 0 Å². The van der Waals surface area contributed by atoms with Gasteiger partial charge in [0.15, 0.2) is 0 Å². The molecule has 0 aliphatic heterocycles. The molecule has 0 aromatic carbocycles. The summed E-state index contributed by atoms with van der Waals surface area (Å²) in [4.78, 5) is 13.9. The summed E-state index contributed by atoms with van der Waals surface area (Å²) in [6, 6.07) is 0.293. The van der Waals surface area contributed by atoms with Gasteiger partial charge in [-0.3, -0.25) is 4.79 Å². The molecule has 1 saturated carbocycles. The molecule has 0 aromatic rings. The van der Waals surface area contributed by atoms with Crippen molar-refractivity contribution in [2.24, 2.45) is 17.6 Å². The molecule has 2 atom stereocenters. The summed E-state index contributed by atoms with van der Waals surface area (Å²) >= 11 is 0. The first-order valence-electron chi connectivity index (χ1n) is 5.54. The maximum atomic E-state index is 12.0. The molecule has 0 saturated heterocycles. The third-order valence-corrected chi connectivity index (χ3v) is 3.40. The highest BCUT2D eigenvalue weighted by atomic mass is 16.2.